The van der Waals surface area contributed by atoms with E-state index in [0.29, 0.717) is 43.0 Å². The number of amides is 1. The lowest BCUT2D eigenvalue weighted by Gasteiger charge is -2.43. The van der Waals surface area contributed by atoms with E-state index >= 15 is 0 Å². The van der Waals surface area contributed by atoms with Crippen molar-refractivity contribution >= 4 is 6.09 Å². The molecule has 3 heterocycles. The fraction of sp³-hybridized carbons (Fsp3) is 0.471. The second-order valence-corrected chi connectivity index (χ2v) is 6.10. The van der Waals surface area contributed by atoms with Crippen molar-refractivity contribution < 1.29 is 18.7 Å². The van der Waals surface area contributed by atoms with E-state index in [4.69, 9.17) is 19.6 Å². The molecule has 0 bridgehead atoms. The monoisotopic (exact) mass is 345 g/mol. The minimum absolute atomic E-state index is 0.00964. The maximum absolute atomic E-state index is 12.5. The van der Waals surface area contributed by atoms with Crippen molar-refractivity contribution in [2.45, 2.75) is 32.1 Å². The first kappa shape index (κ1) is 16.9. The number of allylic oxidation sites excluding steroid dienone is 1. The molecule has 8 nitrogen and oxygen atoms in total. The van der Waals surface area contributed by atoms with E-state index in [1.807, 2.05) is 0 Å². The lowest BCUT2D eigenvalue weighted by molar-refractivity contribution is 0.0888. The molecule has 132 valence electrons. The Kier molecular flexibility index (Phi) is 4.17. The van der Waals surface area contributed by atoms with Crippen LogP contribution in [0.4, 0.5) is 4.79 Å². The zero-order chi connectivity index (χ0) is 18.2. The molecule has 1 amide bonds. The lowest BCUT2D eigenvalue weighted by atomic mass is 9.67. The van der Waals surface area contributed by atoms with E-state index in [0.717, 1.165) is 0 Å². The molecule has 0 unspecified atom stereocenters. The van der Waals surface area contributed by atoms with Crippen LogP contribution in [0, 0.1) is 18.3 Å². The average Bonchev–Trinajstić information content (AvgIpc) is 2.55. The van der Waals surface area contributed by atoms with Gasteiger partial charge in [0.15, 0.2) is 0 Å². The van der Waals surface area contributed by atoms with Crippen molar-refractivity contribution in [3.8, 4) is 11.8 Å². The molecule has 0 atom stereocenters. The minimum Gasteiger partial charge on any atom is -0.450 e. The number of hydrogen-bond donors (Lipinski definition) is 1. The van der Waals surface area contributed by atoms with Crippen molar-refractivity contribution in [3.05, 3.63) is 39.3 Å². The number of fused-ring (bicyclic) bond motifs is 2. The number of carbonyl (C=O) groups is 1. The second-order valence-electron chi connectivity index (χ2n) is 6.10. The second kappa shape index (κ2) is 6.16. The van der Waals surface area contributed by atoms with Crippen LogP contribution in [-0.4, -0.2) is 30.7 Å². The Morgan fingerprint density at radius 1 is 1.48 bits per heavy atom. The van der Waals surface area contributed by atoms with Gasteiger partial charge in [0.1, 0.15) is 23.2 Å². The summed E-state index contributed by atoms with van der Waals surface area (Å²) in [6.07, 6.45) is 0.315. The first-order valence-corrected chi connectivity index (χ1v) is 8.08. The van der Waals surface area contributed by atoms with Crippen molar-refractivity contribution in [2.75, 3.05) is 19.7 Å². The minimum atomic E-state index is -0.913. The van der Waals surface area contributed by atoms with Gasteiger partial charge in [0.25, 0.3) is 0 Å². The third-order valence-corrected chi connectivity index (χ3v) is 4.72. The number of ether oxygens (including phenoxy) is 2. The van der Waals surface area contributed by atoms with Gasteiger partial charge in [-0.3, -0.25) is 0 Å². The number of hydrogen-bond acceptors (Lipinski definition) is 7. The third-order valence-electron chi connectivity index (χ3n) is 4.72. The summed E-state index contributed by atoms with van der Waals surface area (Å²) in [6, 6.07) is 3.68. The fourth-order valence-electron chi connectivity index (χ4n) is 3.57. The van der Waals surface area contributed by atoms with E-state index in [-0.39, 0.29) is 18.1 Å². The predicted molar refractivity (Wildman–Crippen MR) is 86.7 cm³/mol. The Labute approximate surface area is 144 Å². The SMILES string of the molecule is CCOC(=O)N1CCC2(CC1)C(C#N)=C(N)Oc1cc(C)oc(=O)c12. The van der Waals surface area contributed by atoms with Crippen molar-refractivity contribution in [3.63, 3.8) is 0 Å². The molecule has 1 spiro atoms. The van der Waals surface area contributed by atoms with E-state index in [2.05, 4.69) is 6.07 Å². The van der Waals surface area contributed by atoms with Crippen LogP contribution < -0.4 is 16.1 Å². The van der Waals surface area contributed by atoms with Crippen LogP contribution in [0.15, 0.2) is 26.7 Å². The Morgan fingerprint density at radius 2 is 2.16 bits per heavy atom. The topological polar surface area (TPSA) is 119 Å². The number of likely N-dealkylation sites (tertiary alicyclic amines) is 1. The molecular formula is C17H19N3O5. The van der Waals surface area contributed by atoms with Crippen LogP contribution in [0.25, 0.3) is 0 Å². The normalized spacial score (nSPS) is 18.4. The molecule has 1 saturated heterocycles. The van der Waals surface area contributed by atoms with Crippen LogP contribution in [0.5, 0.6) is 5.75 Å². The maximum Gasteiger partial charge on any atom is 0.409 e. The zero-order valence-corrected chi connectivity index (χ0v) is 14.1. The smallest absolute Gasteiger partial charge is 0.409 e. The highest BCUT2D eigenvalue weighted by molar-refractivity contribution is 5.68. The van der Waals surface area contributed by atoms with Gasteiger partial charge >= 0.3 is 11.7 Å². The summed E-state index contributed by atoms with van der Waals surface area (Å²) in [7, 11) is 0. The molecule has 0 radical (unpaired) electrons. The molecule has 0 aromatic carbocycles. The summed E-state index contributed by atoms with van der Waals surface area (Å²) in [6.45, 7) is 4.34. The highest BCUT2D eigenvalue weighted by Gasteiger charge is 2.49. The molecule has 25 heavy (non-hydrogen) atoms. The highest BCUT2D eigenvalue weighted by atomic mass is 16.6. The van der Waals surface area contributed by atoms with Crippen LogP contribution in [-0.2, 0) is 10.2 Å². The Hall–Kier alpha value is -2.95. The Morgan fingerprint density at radius 3 is 2.76 bits per heavy atom. The highest BCUT2D eigenvalue weighted by Crippen LogP contribution is 2.47. The third kappa shape index (κ3) is 2.61. The van der Waals surface area contributed by atoms with Crippen LogP contribution in [0.2, 0.25) is 0 Å². The molecule has 2 aliphatic heterocycles. The number of nitrogens with zero attached hydrogens (tertiary/aromatic N) is 2. The number of aryl methyl sites for hydroxylation is 1. The largest absolute Gasteiger partial charge is 0.450 e. The summed E-state index contributed by atoms with van der Waals surface area (Å²) in [5.41, 5.74) is 5.00. The average molecular weight is 345 g/mol. The van der Waals surface area contributed by atoms with Gasteiger partial charge < -0.3 is 24.5 Å². The van der Waals surface area contributed by atoms with Crippen molar-refractivity contribution in [2.24, 2.45) is 5.73 Å². The van der Waals surface area contributed by atoms with Gasteiger partial charge in [-0.05, 0) is 26.7 Å². The standard InChI is InChI=1S/C17H19N3O5/c1-3-23-16(22)20-6-4-17(5-7-20)11(9-18)14(19)25-12-8-10(2)24-15(21)13(12)17/h8H,3-7,19H2,1-2H3. The van der Waals surface area contributed by atoms with Crippen molar-refractivity contribution in [1.82, 2.24) is 4.90 Å². The molecular weight excluding hydrogens is 326 g/mol. The fourth-order valence-corrected chi connectivity index (χ4v) is 3.57. The quantitative estimate of drug-likeness (QED) is 0.819. The first-order chi connectivity index (χ1) is 11.9. The molecule has 1 aromatic rings. The van der Waals surface area contributed by atoms with Gasteiger partial charge in [0.2, 0.25) is 5.88 Å². The Bertz CT molecular complexity index is 841. The van der Waals surface area contributed by atoms with E-state index in [1.165, 1.54) is 0 Å². The van der Waals surface area contributed by atoms with Gasteiger partial charge in [-0.2, -0.15) is 5.26 Å². The van der Waals surface area contributed by atoms with Gasteiger partial charge in [-0.1, -0.05) is 0 Å². The molecule has 1 fully saturated rings. The molecule has 1 aromatic heterocycles. The Balaban J connectivity index is 2.05. The molecule has 0 aliphatic carbocycles. The lowest BCUT2D eigenvalue weighted by Crippen LogP contribution is -2.50. The number of rotatable bonds is 1. The number of nitriles is 1. The summed E-state index contributed by atoms with van der Waals surface area (Å²) >= 11 is 0. The molecule has 3 rings (SSSR count). The van der Waals surface area contributed by atoms with Gasteiger partial charge in [-0.15, -0.1) is 0 Å². The predicted octanol–water partition coefficient (Wildman–Crippen LogP) is 1.52. The number of carbonyl (C=O) groups excluding carboxylic acids is 1. The van der Waals surface area contributed by atoms with Gasteiger partial charge in [0, 0.05) is 24.6 Å². The summed E-state index contributed by atoms with van der Waals surface area (Å²) in [5, 5.41) is 9.60. The van der Waals surface area contributed by atoms with Crippen LogP contribution in [0.1, 0.15) is 31.1 Å². The van der Waals surface area contributed by atoms with Crippen LogP contribution >= 0.6 is 0 Å². The number of piperidine rings is 1. The maximum atomic E-state index is 12.5. The van der Waals surface area contributed by atoms with Crippen molar-refractivity contribution in [1.29, 1.82) is 5.26 Å². The molecule has 8 heteroatoms. The van der Waals surface area contributed by atoms with Gasteiger partial charge in [-0.25, -0.2) is 9.59 Å². The first-order valence-electron chi connectivity index (χ1n) is 8.08. The van der Waals surface area contributed by atoms with E-state index in [9.17, 15) is 14.9 Å². The summed E-state index contributed by atoms with van der Waals surface area (Å²) in [4.78, 5) is 26.0. The molecule has 2 N–H and O–H groups in total. The molecule has 0 saturated carbocycles. The zero-order valence-electron chi connectivity index (χ0n) is 14.1. The summed E-state index contributed by atoms with van der Waals surface area (Å²) < 4.78 is 15.8. The summed E-state index contributed by atoms with van der Waals surface area (Å²) in [5.74, 6) is 0.704. The number of nitrogens with two attached hydrogens (primary N) is 1. The molecule has 2 aliphatic rings. The van der Waals surface area contributed by atoms with Gasteiger partial charge in [0.05, 0.1) is 12.2 Å². The van der Waals surface area contributed by atoms with E-state index in [1.54, 1.807) is 24.8 Å². The van der Waals surface area contributed by atoms with Crippen LogP contribution in [0.3, 0.4) is 0 Å². The van der Waals surface area contributed by atoms with E-state index < -0.39 is 17.1 Å².